The maximum absolute atomic E-state index is 13.6. The van der Waals surface area contributed by atoms with Crippen LogP contribution in [0.5, 0.6) is 0 Å². The molecule has 0 aliphatic heterocycles. The van der Waals surface area contributed by atoms with E-state index in [9.17, 15) is 17.6 Å². The zero-order chi connectivity index (χ0) is 18.8. The van der Waals surface area contributed by atoms with Crippen LogP contribution in [0.2, 0.25) is 10.0 Å². The fourth-order valence-electron chi connectivity index (χ4n) is 1.98. The first kappa shape index (κ1) is 19.7. The van der Waals surface area contributed by atoms with Crippen molar-refractivity contribution in [2.75, 3.05) is 18.9 Å². The van der Waals surface area contributed by atoms with Gasteiger partial charge in [-0.05, 0) is 42.8 Å². The van der Waals surface area contributed by atoms with E-state index in [0.29, 0.717) is 16.3 Å². The molecule has 0 saturated heterocycles. The summed E-state index contributed by atoms with van der Waals surface area (Å²) < 4.78 is 39.3. The molecule has 134 valence electrons. The van der Waals surface area contributed by atoms with Gasteiger partial charge >= 0.3 is 0 Å². The van der Waals surface area contributed by atoms with Gasteiger partial charge in [0, 0.05) is 12.7 Å². The Morgan fingerprint density at radius 2 is 1.84 bits per heavy atom. The van der Waals surface area contributed by atoms with E-state index in [1.807, 2.05) is 0 Å². The highest BCUT2D eigenvalue weighted by Gasteiger charge is 2.24. The summed E-state index contributed by atoms with van der Waals surface area (Å²) >= 11 is 11.6. The van der Waals surface area contributed by atoms with Crippen molar-refractivity contribution in [2.45, 2.75) is 11.8 Å². The Bertz CT molecular complexity index is 920. The third-order valence-electron chi connectivity index (χ3n) is 3.42. The Labute approximate surface area is 155 Å². The van der Waals surface area contributed by atoms with Crippen LogP contribution >= 0.6 is 23.2 Å². The molecule has 0 bridgehead atoms. The van der Waals surface area contributed by atoms with Gasteiger partial charge in [-0.1, -0.05) is 29.3 Å². The number of aryl methyl sites for hydroxylation is 1. The molecule has 0 fully saturated rings. The number of halogens is 3. The highest BCUT2D eigenvalue weighted by Crippen LogP contribution is 2.25. The van der Waals surface area contributed by atoms with E-state index in [1.54, 1.807) is 0 Å². The summed E-state index contributed by atoms with van der Waals surface area (Å²) in [4.78, 5) is 11.8. The molecule has 0 atom stereocenters. The number of nitrogens with zero attached hydrogens (tertiary/aromatic N) is 1. The summed E-state index contributed by atoms with van der Waals surface area (Å²) in [6, 6.07) is 8.08. The van der Waals surface area contributed by atoms with Crippen LogP contribution in [0.3, 0.4) is 0 Å². The average molecular weight is 405 g/mol. The van der Waals surface area contributed by atoms with Gasteiger partial charge in [0.2, 0.25) is 15.9 Å². The molecule has 1 N–H and O–H groups in total. The van der Waals surface area contributed by atoms with Gasteiger partial charge in [-0.25, -0.2) is 12.8 Å². The van der Waals surface area contributed by atoms with E-state index in [0.717, 1.165) is 10.4 Å². The van der Waals surface area contributed by atoms with Gasteiger partial charge in [0.25, 0.3) is 0 Å². The van der Waals surface area contributed by atoms with Gasteiger partial charge in [0.05, 0.1) is 21.5 Å². The molecule has 0 unspecified atom stereocenters. The van der Waals surface area contributed by atoms with Gasteiger partial charge < -0.3 is 5.32 Å². The number of sulfonamides is 1. The third kappa shape index (κ3) is 4.70. The van der Waals surface area contributed by atoms with Crippen LogP contribution in [0.1, 0.15) is 5.56 Å². The minimum atomic E-state index is -4.00. The molecule has 0 saturated carbocycles. The number of rotatable bonds is 5. The monoisotopic (exact) mass is 404 g/mol. The molecule has 0 aromatic heterocycles. The third-order valence-corrected chi connectivity index (χ3v) is 5.96. The summed E-state index contributed by atoms with van der Waals surface area (Å²) in [5.74, 6) is -1.20. The molecule has 1 amide bonds. The molecule has 0 aliphatic rings. The fraction of sp³-hybridized carbons (Fsp3) is 0.188. The molecule has 2 rings (SSSR count). The standard InChI is InChI=1S/C16H15Cl2FN2O3S/c1-10-3-5-12(8-15(10)19)25(23,24)21(2)9-16(22)20-11-4-6-13(17)14(18)7-11/h3-8H,9H2,1-2H3,(H,20,22). The van der Waals surface area contributed by atoms with E-state index in [-0.39, 0.29) is 9.92 Å². The van der Waals surface area contributed by atoms with Crippen LogP contribution in [0.25, 0.3) is 0 Å². The maximum atomic E-state index is 13.6. The highest BCUT2D eigenvalue weighted by atomic mass is 35.5. The molecule has 0 spiro atoms. The number of anilines is 1. The number of amides is 1. The van der Waals surface area contributed by atoms with Gasteiger partial charge in [-0.3, -0.25) is 4.79 Å². The summed E-state index contributed by atoms with van der Waals surface area (Å²) in [5, 5.41) is 3.12. The lowest BCUT2D eigenvalue weighted by atomic mass is 10.2. The van der Waals surface area contributed by atoms with E-state index in [4.69, 9.17) is 23.2 Å². The molecule has 0 heterocycles. The van der Waals surface area contributed by atoms with Crippen LogP contribution < -0.4 is 5.32 Å². The van der Waals surface area contributed by atoms with Crippen LogP contribution in [-0.2, 0) is 14.8 Å². The van der Waals surface area contributed by atoms with E-state index in [1.165, 1.54) is 44.3 Å². The normalized spacial score (nSPS) is 11.6. The van der Waals surface area contributed by atoms with Crippen LogP contribution in [-0.4, -0.2) is 32.2 Å². The van der Waals surface area contributed by atoms with Crippen molar-refractivity contribution in [3.8, 4) is 0 Å². The Kier molecular flexibility index (Phi) is 6.05. The molecule has 5 nitrogen and oxygen atoms in total. The SMILES string of the molecule is Cc1ccc(S(=O)(=O)N(C)CC(=O)Nc2ccc(Cl)c(Cl)c2)cc1F. The predicted molar refractivity (Wildman–Crippen MR) is 96.0 cm³/mol. The van der Waals surface area contributed by atoms with Gasteiger partial charge in [0.15, 0.2) is 0 Å². The highest BCUT2D eigenvalue weighted by molar-refractivity contribution is 7.89. The minimum absolute atomic E-state index is 0.222. The molecule has 9 heteroatoms. The zero-order valence-corrected chi connectivity index (χ0v) is 15.7. The number of carbonyl (C=O) groups is 1. The lowest BCUT2D eigenvalue weighted by Gasteiger charge is -2.17. The lowest BCUT2D eigenvalue weighted by molar-refractivity contribution is -0.116. The van der Waals surface area contributed by atoms with Crippen molar-refractivity contribution >= 4 is 44.8 Å². The first-order valence-electron chi connectivity index (χ1n) is 7.08. The largest absolute Gasteiger partial charge is 0.325 e. The summed E-state index contributed by atoms with van der Waals surface area (Å²) in [6.45, 7) is 1.08. The summed E-state index contributed by atoms with van der Waals surface area (Å²) in [7, 11) is -2.76. The van der Waals surface area contributed by atoms with Gasteiger partial charge in [0.1, 0.15) is 5.82 Å². The average Bonchev–Trinajstić information content (AvgIpc) is 2.53. The van der Waals surface area contributed by atoms with Crippen molar-refractivity contribution in [3.63, 3.8) is 0 Å². The topological polar surface area (TPSA) is 66.5 Å². The first-order valence-corrected chi connectivity index (χ1v) is 9.28. The van der Waals surface area contributed by atoms with Crippen molar-refractivity contribution in [1.29, 1.82) is 0 Å². The smallest absolute Gasteiger partial charge is 0.243 e. The quantitative estimate of drug-likeness (QED) is 0.825. The molecular formula is C16H15Cl2FN2O3S. The zero-order valence-electron chi connectivity index (χ0n) is 13.4. The second-order valence-electron chi connectivity index (χ2n) is 5.35. The minimum Gasteiger partial charge on any atom is -0.325 e. The van der Waals surface area contributed by atoms with Crippen molar-refractivity contribution < 1.29 is 17.6 Å². The Morgan fingerprint density at radius 1 is 1.16 bits per heavy atom. The number of likely N-dealkylation sites (N-methyl/N-ethyl adjacent to an activating group) is 1. The van der Waals surface area contributed by atoms with E-state index < -0.39 is 28.3 Å². The maximum Gasteiger partial charge on any atom is 0.243 e. The Hall–Kier alpha value is -1.67. The lowest BCUT2D eigenvalue weighted by Crippen LogP contribution is -2.35. The molecule has 25 heavy (non-hydrogen) atoms. The molecular weight excluding hydrogens is 390 g/mol. The van der Waals surface area contributed by atoms with Gasteiger partial charge in [-0.2, -0.15) is 4.31 Å². The van der Waals surface area contributed by atoms with Crippen LogP contribution in [0, 0.1) is 12.7 Å². The van der Waals surface area contributed by atoms with Crippen molar-refractivity contribution in [1.82, 2.24) is 4.31 Å². The van der Waals surface area contributed by atoms with Crippen LogP contribution in [0.15, 0.2) is 41.3 Å². The number of carbonyl (C=O) groups excluding carboxylic acids is 1. The fourth-order valence-corrected chi connectivity index (χ4v) is 3.41. The number of benzene rings is 2. The predicted octanol–water partition coefficient (Wildman–Crippen LogP) is 3.70. The number of nitrogens with one attached hydrogen (secondary N) is 1. The van der Waals surface area contributed by atoms with Crippen LogP contribution in [0.4, 0.5) is 10.1 Å². The molecule has 2 aromatic rings. The van der Waals surface area contributed by atoms with Crippen molar-refractivity contribution in [2.24, 2.45) is 0 Å². The Balaban J connectivity index is 2.11. The van der Waals surface area contributed by atoms with E-state index in [2.05, 4.69) is 5.32 Å². The van der Waals surface area contributed by atoms with Crippen molar-refractivity contribution in [3.05, 3.63) is 57.8 Å². The van der Waals surface area contributed by atoms with Gasteiger partial charge in [-0.15, -0.1) is 0 Å². The molecule has 0 aliphatic carbocycles. The number of hydrogen-bond donors (Lipinski definition) is 1. The number of hydrogen-bond acceptors (Lipinski definition) is 3. The first-order chi connectivity index (χ1) is 11.6. The second-order valence-corrected chi connectivity index (χ2v) is 8.21. The second kappa shape index (κ2) is 7.70. The molecule has 2 aromatic carbocycles. The Morgan fingerprint density at radius 3 is 2.44 bits per heavy atom. The molecule has 0 radical (unpaired) electrons. The van der Waals surface area contributed by atoms with E-state index >= 15 is 0 Å². The summed E-state index contributed by atoms with van der Waals surface area (Å²) in [5.41, 5.74) is 0.713. The summed E-state index contributed by atoms with van der Waals surface area (Å²) in [6.07, 6.45) is 0.